The van der Waals surface area contributed by atoms with Crippen molar-refractivity contribution in [2.45, 2.75) is 45.8 Å². The van der Waals surface area contributed by atoms with Crippen molar-refractivity contribution in [3.8, 4) is 5.69 Å². The van der Waals surface area contributed by atoms with Crippen LogP contribution in [0.1, 0.15) is 28.9 Å². The molecule has 0 saturated carbocycles. The van der Waals surface area contributed by atoms with Gasteiger partial charge in [-0.15, -0.1) is 5.10 Å². The fourth-order valence-electron chi connectivity index (χ4n) is 3.04. The molecule has 0 fully saturated rings. The Morgan fingerprint density at radius 3 is 2.54 bits per heavy atom. The number of aryl methyl sites for hydroxylation is 5. The highest BCUT2D eigenvalue weighted by Gasteiger charge is 2.12. The van der Waals surface area contributed by atoms with Gasteiger partial charge in [-0.1, -0.05) is 17.8 Å². The van der Waals surface area contributed by atoms with Crippen LogP contribution in [0, 0.1) is 27.7 Å². The van der Waals surface area contributed by atoms with Gasteiger partial charge in [0.15, 0.2) is 0 Å². The molecule has 0 unspecified atom stereocenters. The standard InChI is InChI=1S/C19H25N7OS/c1-13-8-14(2)10-17(9-13)26-19(21-23-24-26)28-12-18(27)20-6-5-7-25-16(4)11-15(3)22-25/h8-11H,5-7,12H2,1-4H3,(H,20,27). The molecule has 0 bridgehead atoms. The van der Waals surface area contributed by atoms with Gasteiger partial charge in [0.2, 0.25) is 11.1 Å². The van der Waals surface area contributed by atoms with Crippen LogP contribution in [0.3, 0.4) is 0 Å². The van der Waals surface area contributed by atoms with E-state index in [-0.39, 0.29) is 11.7 Å². The van der Waals surface area contributed by atoms with Gasteiger partial charge in [0.25, 0.3) is 0 Å². The maximum Gasteiger partial charge on any atom is 0.230 e. The molecule has 0 radical (unpaired) electrons. The monoisotopic (exact) mass is 399 g/mol. The Bertz CT molecular complexity index is 943. The first-order chi connectivity index (χ1) is 13.4. The summed E-state index contributed by atoms with van der Waals surface area (Å²) in [6.45, 7) is 9.49. The number of amides is 1. The van der Waals surface area contributed by atoms with Crippen LogP contribution in [0.2, 0.25) is 0 Å². The van der Waals surface area contributed by atoms with Gasteiger partial charge in [0, 0.05) is 18.8 Å². The van der Waals surface area contributed by atoms with Crippen LogP contribution >= 0.6 is 11.8 Å². The molecule has 3 rings (SSSR count). The van der Waals surface area contributed by atoms with Crippen molar-refractivity contribution >= 4 is 17.7 Å². The van der Waals surface area contributed by atoms with Crippen LogP contribution in [0.25, 0.3) is 5.69 Å². The molecule has 3 aromatic rings. The second kappa shape index (κ2) is 9.01. The van der Waals surface area contributed by atoms with Gasteiger partial charge in [0.1, 0.15) is 0 Å². The number of hydrogen-bond acceptors (Lipinski definition) is 6. The minimum atomic E-state index is -0.0339. The lowest BCUT2D eigenvalue weighted by atomic mass is 10.1. The first-order valence-corrected chi connectivity index (χ1v) is 10.2. The summed E-state index contributed by atoms with van der Waals surface area (Å²) in [5.74, 6) is 0.235. The summed E-state index contributed by atoms with van der Waals surface area (Å²) in [6.07, 6.45) is 0.832. The highest BCUT2D eigenvalue weighted by atomic mass is 32.2. The molecule has 0 aliphatic heterocycles. The summed E-state index contributed by atoms with van der Waals surface area (Å²) in [7, 11) is 0. The van der Waals surface area contributed by atoms with E-state index < -0.39 is 0 Å². The SMILES string of the molecule is Cc1cc(C)cc(-n2nnnc2SCC(=O)NCCCn2nc(C)cc2C)c1. The number of hydrogen-bond donors (Lipinski definition) is 1. The van der Waals surface area contributed by atoms with Crippen LogP contribution in [0.5, 0.6) is 0 Å². The van der Waals surface area contributed by atoms with Crippen LogP contribution in [0.4, 0.5) is 0 Å². The minimum absolute atomic E-state index is 0.0339. The summed E-state index contributed by atoms with van der Waals surface area (Å²) >= 11 is 1.33. The molecule has 1 aromatic carbocycles. The van der Waals surface area contributed by atoms with E-state index in [0.29, 0.717) is 11.7 Å². The first-order valence-electron chi connectivity index (χ1n) is 9.20. The van der Waals surface area contributed by atoms with Crippen LogP contribution in [0.15, 0.2) is 29.4 Å². The molecule has 28 heavy (non-hydrogen) atoms. The molecular formula is C19H25N7OS. The second-order valence-corrected chi connectivity index (χ2v) is 7.80. The average molecular weight is 400 g/mol. The maximum atomic E-state index is 12.1. The third-order valence-electron chi connectivity index (χ3n) is 4.20. The molecule has 0 spiro atoms. The molecular weight excluding hydrogens is 374 g/mol. The number of benzene rings is 1. The van der Waals surface area contributed by atoms with Crippen molar-refractivity contribution in [1.29, 1.82) is 0 Å². The van der Waals surface area contributed by atoms with Gasteiger partial charge in [-0.05, 0) is 73.9 Å². The van der Waals surface area contributed by atoms with Gasteiger partial charge < -0.3 is 5.32 Å². The highest BCUT2D eigenvalue weighted by molar-refractivity contribution is 7.99. The van der Waals surface area contributed by atoms with E-state index in [1.54, 1.807) is 4.68 Å². The smallest absolute Gasteiger partial charge is 0.230 e. The summed E-state index contributed by atoms with van der Waals surface area (Å²) in [5, 5.41) is 19.8. The van der Waals surface area contributed by atoms with Gasteiger partial charge in [-0.25, -0.2) is 0 Å². The third kappa shape index (κ3) is 5.19. The number of aromatic nitrogens is 6. The normalized spacial score (nSPS) is 11.0. The molecule has 0 atom stereocenters. The number of carbonyl (C=O) groups excluding carboxylic acids is 1. The number of rotatable bonds is 8. The number of nitrogens with zero attached hydrogens (tertiary/aromatic N) is 6. The number of nitrogens with one attached hydrogen (secondary N) is 1. The van der Waals surface area contributed by atoms with E-state index in [1.807, 2.05) is 44.5 Å². The Labute approximate surface area is 168 Å². The van der Waals surface area contributed by atoms with Gasteiger partial charge in [-0.2, -0.15) is 9.78 Å². The third-order valence-corrected chi connectivity index (χ3v) is 5.12. The number of tetrazole rings is 1. The summed E-state index contributed by atoms with van der Waals surface area (Å²) < 4.78 is 3.63. The molecule has 0 aliphatic rings. The van der Waals surface area contributed by atoms with Gasteiger partial charge in [-0.3, -0.25) is 9.48 Å². The van der Waals surface area contributed by atoms with Crippen LogP contribution < -0.4 is 5.32 Å². The van der Waals surface area contributed by atoms with E-state index in [2.05, 4.69) is 38.1 Å². The van der Waals surface area contributed by atoms with Crippen molar-refractivity contribution in [2.75, 3.05) is 12.3 Å². The lowest BCUT2D eigenvalue weighted by Crippen LogP contribution is -2.27. The predicted molar refractivity (Wildman–Crippen MR) is 109 cm³/mol. The largest absolute Gasteiger partial charge is 0.355 e. The van der Waals surface area contributed by atoms with E-state index in [4.69, 9.17) is 0 Å². The topological polar surface area (TPSA) is 90.5 Å². The zero-order valence-electron chi connectivity index (χ0n) is 16.6. The molecule has 2 heterocycles. The molecule has 9 heteroatoms. The molecule has 8 nitrogen and oxygen atoms in total. The van der Waals surface area contributed by atoms with E-state index >= 15 is 0 Å². The zero-order chi connectivity index (χ0) is 20.1. The fourth-order valence-corrected chi connectivity index (χ4v) is 3.76. The highest BCUT2D eigenvalue weighted by Crippen LogP contribution is 2.19. The average Bonchev–Trinajstić information content (AvgIpc) is 3.22. The Kier molecular flexibility index (Phi) is 6.45. The quantitative estimate of drug-likeness (QED) is 0.462. The van der Waals surface area contributed by atoms with Gasteiger partial charge in [0.05, 0.1) is 17.1 Å². The number of thioether (sulfide) groups is 1. The molecule has 1 N–H and O–H groups in total. The summed E-state index contributed by atoms with van der Waals surface area (Å²) in [4.78, 5) is 12.1. The first kappa shape index (κ1) is 20.1. The molecule has 0 saturated heterocycles. The van der Waals surface area contributed by atoms with Gasteiger partial charge >= 0.3 is 0 Å². The van der Waals surface area contributed by atoms with Crippen molar-refractivity contribution in [2.24, 2.45) is 0 Å². The summed E-state index contributed by atoms with van der Waals surface area (Å²) in [6, 6.07) is 8.19. The molecule has 148 valence electrons. The number of carbonyl (C=O) groups is 1. The molecule has 0 aliphatic carbocycles. The summed E-state index contributed by atoms with van der Waals surface area (Å²) in [5.41, 5.74) is 5.33. The van der Waals surface area contributed by atoms with Crippen molar-refractivity contribution in [3.05, 3.63) is 46.8 Å². The fraction of sp³-hybridized carbons (Fsp3) is 0.421. The minimum Gasteiger partial charge on any atom is -0.355 e. The van der Waals surface area contributed by atoms with E-state index in [1.165, 1.54) is 11.8 Å². The Hall–Kier alpha value is -2.68. The van der Waals surface area contributed by atoms with E-state index in [0.717, 1.165) is 41.2 Å². The van der Waals surface area contributed by atoms with Crippen LogP contribution in [-0.4, -0.2) is 48.2 Å². The van der Waals surface area contributed by atoms with Crippen molar-refractivity contribution < 1.29 is 4.79 Å². The predicted octanol–water partition coefficient (Wildman–Crippen LogP) is 2.39. The molecule has 2 aromatic heterocycles. The second-order valence-electron chi connectivity index (χ2n) is 6.86. The molecule has 1 amide bonds. The lowest BCUT2D eigenvalue weighted by Gasteiger charge is -2.08. The Balaban J connectivity index is 1.47. The van der Waals surface area contributed by atoms with Crippen molar-refractivity contribution in [3.63, 3.8) is 0 Å². The van der Waals surface area contributed by atoms with E-state index in [9.17, 15) is 4.79 Å². The maximum absolute atomic E-state index is 12.1. The lowest BCUT2D eigenvalue weighted by molar-refractivity contribution is -0.118. The Morgan fingerprint density at radius 1 is 1.11 bits per heavy atom. The Morgan fingerprint density at radius 2 is 1.86 bits per heavy atom. The zero-order valence-corrected chi connectivity index (χ0v) is 17.5. The van der Waals surface area contributed by atoms with Crippen molar-refractivity contribution in [1.82, 2.24) is 35.3 Å². The van der Waals surface area contributed by atoms with Crippen LogP contribution in [-0.2, 0) is 11.3 Å².